The lowest BCUT2D eigenvalue weighted by Crippen LogP contribution is -2.43. The molecule has 158 valence electrons. The molecule has 0 saturated heterocycles. The Morgan fingerprint density at radius 2 is 2.04 bits per heavy atom. The molecular formula is C20H32FIN4O2. The van der Waals surface area contributed by atoms with Crippen LogP contribution in [0.3, 0.4) is 0 Å². The maximum atomic E-state index is 13.2. The lowest BCUT2D eigenvalue weighted by Gasteiger charge is -2.29. The molecule has 28 heavy (non-hydrogen) atoms. The Balaban J connectivity index is 0.00000392. The van der Waals surface area contributed by atoms with Crippen molar-refractivity contribution in [1.82, 2.24) is 10.6 Å². The Kier molecular flexibility index (Phi) is 11.4. The Labute approximate surface area is 184 Å². The molecule has 1 amide bonds. The van der Waals surface area contributed by atoms with Gasteiger partial charge in [-0.3, -0.25) is 4.79 Å². The normalized spacial score (nSPS) is 15.6. The standard InChI is InChI=1S/C20H31FN4O2.HI/c1-3-22-19(24-15-20(11-12-27-2)9-4-5-10-20)23-14-18(26)25-17-8-6-7-16(21)13-17;/h6-8,13H,3-5,9-12,14-15H2,1-2H3,(H,25,26)(H2,22,23,24);1H. The van der Waals surface area contributed by atoms with E-state index in [1.807, 2.05) is 6.92 Å². The second-order valence-corrected chi connectivity index (χ2v) is 7.06. The summed E-state index contributed by atoms with van der Waals surface area (Å²) in [6, 6.07) is 5.82. The zero-order valence-corrected chi connectivity index (χ0v) is 19.1. The van der Waals surface area contributed by atoms with Crippen LogP contribution in [0.4, 0.5) is 10.1 Å². The monoisotopic (exact) mass is 506 g/mol. The highest BCUT2D eigenvalue weighted by Gasteiger charge is 2.33. The number of carbonyl (C=O) groups is 1. The number of hydrogen-bond acceptors (Lipinski definition) is 3. The van der Waals surface area contributed by atoms with Gasteiger partial charge in [0, 0.05) is 32.5 Å². The fraction of sp³-hybridized carbons (Fsp3) is 0.600. The highest BCUT2D eigenvalue weighted by molar-refractivity contribution is 14.0. The highest BCUT2D eigenvalue weighted by atomic mass is 127. The molecule has 0 aromatic heterocycles. The van der Waals surface area contributed by atoms with Crippen molar-refractivity contribution in [2.45, 2.75) is 39.0 Å². The highest BCUT2D eigenvalue weighted by Crippen LogP contribution is 2.40. The topological polar surface area (TPSA) is 74.8 Å². The van der Waals surface area contributed by atoms with Crippen molar-refractivity contribution in [3.63, 3.8) is 0 Å². The summed E-state index contributed by atoms with van der Waals surface area (Å²) in [5.74, 6) is -0.0485. The van der Waals surface area contributed by atoms with E-state index in [2.05, 4.69) is 20.9 Å². The lowest BCUT2D eigenvalue weighted by molar-refractivity contribution is -0.114. The molecule has 0 unspecified atom stereocenters. The van der Waals surface area contributed by atoms with Gasteiger partial charge in [0.15, 0.2) is 5.96 Å². The number of aliphatic imine (C=N–C) groups is 1. The minimum absolute atomic E-state index is 0. The molecule has 0 heterocycles. The molecule has 0 atom stereocenters. The summed E-state index contributed by atoms with van der Waals surface area (Å²) in [5.41, 5.74) is 0.661. The number of halogens is 2. The number of methoxy groups -OCH3 is 1. The number of carbonyl (C=O) groups excluding carboxylic acids is 1. The molecule has 0 aliphatic heterocycles. The molecule has 3 N–H and O–H groups in total. The number of anilines is 1. The molecule has 0 spiro atoms. The quantitative estimate of drug-likeness (QED) is 0.272. The van der Waals surface area contributed by atoms with Crippen molar-refractivity contribution >= 4 is 41.5 Å². The minimum atomic E-state index is -0.385. The first-order chi connectivity index (χ1) is 13.1. The molecule has 1 aromatic rings. The van der Waals surface area contributed by atoms with Gasteiger partial charge in [-0.2, -0.15) is 0 Å². The van der Waals surface area contributed by atoms with Crippen LogP contribution in [-0.2, 0) is 9.53 Å². The summed E-state index contributed by atoms with van der Waals surface area (Å²) in [6.45, 7) is 4.23. The Bertz CT molecular complexity index is 636. The number of nitrogens with one attached hydrogen (secondary N) is 3. The zero-order valence-electron chi connectivity index (χ0n) is 16.7. The molecule has 8 heteroatoms. The van der Waals surface area contributed by atoms with Crippen molar-refractivity contribution in [3.8, 4) is 0 Å². The minimum Gasteiger partial charge on any atom is -0.385 e. The fourth-order valence-corrected chi connectivity index (χ4v) is 3.49. The Morgan fingerprint density at radius 3 is 2.68 bits per heavy atom. The third-order valence-corrected chi connectivity index (χ3v) is 4.96. The predicted octanol–water partition coefficient (Wildman–Crippen LogP) is 3.53. The molecular weight excluding hydrogens is 474 g/mol. The van der Waals surface area contributed by atoms with Gasteiger partial charge in [0.25, 0.3) is 0 Å². The van der Waals surface area contributed by atoms with Crippen LogP contribution in [0.5, 0.6) is 0 Å². The molecule has 2 rings (SSSR count). The summed E-state index contributed by atoms with van der Waals surface area (Å²) in [7, 11) is 1.73. The molecule has 0 bridgehead atoms. The number of rotatable bonds is 9. The van der Waals surface area contributed by atoms with Gasteiger partial charge in [-0.25, -0.2) is 9.38 Å². The van der Waals surface area contributed by atoms with Gasteiger partial charge < -0.3 is 20.7 Å². The average Bonchev–Trinajstić information content (AvgIpc) is 3.11. The number of guanidine groups is 1. The SMILES string of the molecule is CCNC(=NCC(=O)Nc1cccc(F)c1)NCC1(CCOC)CCCC1.I. The first-order valence-electron chi connectivity index (χ1n) is 9.63. The van der Waals surface area contributed by atoms with Crippen molar-refractivity contribution in [1.29, 1.82) is 0 Å². The summed E-state index contributed by atoms with van der Waals surface area (Å²) < 4.78 is 18.5. The van der Waals surface area contributed by atoms with E-state index in [0.29, 0.717) is 18.2 Å². The van der Waals surface area contributed by atoms with Crippen LogP contribution in [-0.4, -0.2) is 45.2 Å². The van der Waals surface area contributed by atoms with E-state index >= 15 is 0 Å². The van der Waals surface area contributed by atoms with Gasteiger partial charge in [0.05, 0.1) is 0 Å². The van der Waals surface area contributed by atoms with Crippen molar-refractivity contribution in [2.75, 3.05) is 38.7 Å². The van der Waals surface area contributed by atoms with Crippen LogP contribution in [0.15, 0.2) is 29.3 Å². The van der Waals surface area contributed by atoms with Crippen LogP contribution in [0, 0.1) is 11.2 Å². The van der Waals surface area contributed by atoms with Gasteiger partial charge in [-0.15, -0.1) is 24.0 Å². The molecule has 1 fully saturated rings. The Morgan fingerprint density at radius 1 is 1.29 bits per heavy atom. The summed E-state index contributed by atoms with van der Waals surface area (Å²) in [6.07, 6.45) is 5.88. The fourth-order valence-electron chi connectivity index (χ4n) is 3.49. The van der Waals surface area contributed by atoms with E-state index < -0.39 is 0 Å². The number of hydrogen-bond donors (Lipinski definition) is 3. The maximum absolute atomic E-state index is 13.2. The van der Waals surface area contributed by atoms with E-state index in [-0.39, 0.29) is 47.7 Å². The second kappa shape index (κ2) is 12.9. The average molecular weight is 506 g/mol. The van der Waals surface area contributed by atoms with Gasteiger partial charge in [0.2, 0.25) is 5.91 Å². The van der Waals surface area contributed by atoms with Gasteiger partial charge in [-0.05, 0) is 49.8 Å². The molecule has 6 nitrogen and oxygen atoms in total. The maximum Gasteiger partial charge on any atom is 0.246 e. The number of ether oxygens (including phenoxy) is 1. The second-order valence-electron chi connectivity index (χ2n) is 7.06. The third kappa shape index (κ3) is 8.30. The van der Waals surface area contributed by atoms with Crippen LogP contribution < -0.4 is 16.0 Å². The number of nitrogens with zero attached hydrogens (tertiary/aromatic N) is 1. The predicted molar refractivity (Wildman–Crippen MR) is 122 cm³/mol. The van der Waals surface area contributed by atoms with E-state index in [9.17, 15) is 9.18 Å². The molecule has 1 aromatic carbocycles. The van der Waals surface area contributed by atoms with Crippen molar-refractivity contribution in [3.05, 3.63) is 30.1 Å². The number of amides is 1. The van der Waals surface area contributed by atoms with Crippen molar-refractivity contribution in [2.24, 2.45) is 10.4 Å². The van der Waals surface area contributed by atoms with Crippen molar-refractivity contribution < 1.29 is 13.9 Å². The molecule has 0 radical (unpaired) electrons. The molecule has 1 saturated carbocycles. The zero-order chi connectivity index (χ0) is 19.5. The first-order valence-corrected chi connectivity index (χ1v) is 9.63. The van der Waals surface area contributed by atoms with E-state index in [1.54, 1.807) is 19.2 Å². The smallest absolute Gasteiger partial charge is 0.246 e. The first kappa shape index (κ1) is 24.6. The molecule has 1 aliphatic carbocycles. The Hall–Kier alpha value is -1.42. The van der Waals surface area contributed by atoms with Crippen LogP contribution in [0.2, 0.25) is 0 Å². The molecule has 1 aliphatic rings. The number of benzene rings is 1. The van der Waals surface area contributed by atoms with Gasteiger partial charge in [-0.1, -0.05) is 18.9 Å². The summed E-state index contributed by atoms with van der Waals surface area (Å²) >= 11 is 0. The van der Waals surface area contributed by atoms with Crippen LogP contribution in [0.25, 0.3) is 0 Å². The van der Waals surface area contributed by atoms with Crippen LogP contribution >= 0.6 is 24.0 Å². The van der Waals surface area contributed by atoms with Gasteiger partial charge >= 0.3 is 0 Å². The van der Waals surface area contributed by atoms with Gasteiger partial charge in [0.1, 0.15) is 12.4 Å². The summed E-state index contributed by atoms with van der Waals surface area (Å²) in [5, 5.41) is 9.21. The van der Waals surface area contributed by atoms with E-state index in [1.165, 1.54) is 37.8 Å². The van der Waals surface area contributed by atoms with E-state index in [4.69, 9.17) is 4.74 Å². The van der Waals surface area contributed by atoms with E-state index in [0.717, 1.165) is 19.6 Å². The lowest BCUT2D eigenvalue weighted by atomic mass is 9.83. The largest absolute Gasteiger partial charge is 0.385 e. The third-order valence-electron chi connectivity index (χ3n) is 4.96. The summed E-state index contributed by atoms with van der Waals surface area (Å²) in [4.78, 5) is 16.4. The van der Waals surface area contributed by atoms with Crippen LogP contribution in [0.1, 0.15) is 39.0 Å².